The first kappa shape index (κ1) is 19.2. The van der Waals surface area contributed by atoms with E-state index in [2.05, 4.69) is 10.1 Å². The second kappa shape index (κ2) is 7.21. The van der Waals surface area contributed by atoms with Crippen LogP contribution in [0.5, 0.6) is 0 Å². The molecule has 3 heterocycles. The van der Waals surface area contributed by atoms with Crippen LogP contribution in [-0.2, 0) is 6.18 Å². The fourth-order valence-electron chi connectivity index (χ4n) is 3.08. The van der Waals surface area contributed by atoms with Gasteiger partial charge in [0.2, 0.25) is 0 Å². The Labute approximate surface area is 154 Å². The summed E-state index contributed by atoms with van der Waals surface area (Å²) >= 11 is 0. The average Bonchev–Trinajstić information content (AvgIpc) is 3.02. The highest BCUT2D eigenvalue weighted by molar-refractivity contribution is 5.96. The van der Waals surface area contributed by atoms with Crippen molar-refractivity contribution in [3.05, 3.63) is 40.9 Å². The van der Waals surface area contributed by atoms with E-state index < -0.39 is 11.7 Å². The van der Waals surface area contributed by atoms with Crippen LogP contribution in [0.4, 0.5) is 19.0 Å². The van der Waals surface area contributed by atoms with Crippen LogP contribution >= 0.6 is 0 Å². The Hall–Kier alpha value is -2.58. The van der Waals surface area contributed by atoms with E-state index in [9.17, 15) is 18.0 Å². The van der Waals surface area contributed by atoms with Crippen molar-refractivity contribution < 1.29 is 22.5 Å². The van der Waals surface area contributed by atoms with Crippen molar-refractivity contribution in [2.24, 2.45) is 0 Å². The second-order valence-corrected chi connectivity index (χ2v) is 6.84. The first-order valence-corrected chi connectivity index (χ1v) is 8.72. The summed E-state index contributed by atoms with van der Waals surface area (Å²) in [6, 6.07) is 2.39. The van der Waals surface area contributed by atoms with Gasteiger partial charge < -0.3 is 14.3 Å². The van der Waals surface area contributed by atoms with Crippen molar-refractivity contribution in [1.82, 2.24) is 15.0 Å². The van der Waals surface area contributed by atoms with Gasteiger partial charge in [0.15, 0.2) is 5.76 Å². The van der Waals surface area contributed by atoms with Crippen LogP contribution < -0.4 is 4.90 Å². The highest BCUT2D eigenvalue weighted by atomic mass is 19.4. The Bertz CT molecular complexity index is 807. The number of alkyl halides is 3. The topological polar surface area (TPSA) is 62.5 Å². The van der Waals surface area contributed by atoms with Gasteiger partial charge in [-0.3, -0.25) is 4.79 Å². The third kappa shape index (κ3) is 3.91. The lowest BCUT2D eigenvalue weighted by Crippen LogP contribution is -2.49. The zero-order valence-electron chi connectivity index (χ0n) is 15.4. The van der Waals surface area contributed by atoms with Gasteiger partial charge in [0.05, 0.1) is 11.3 Å². The molecule has 0 unspecified atom stereocenters. The number of aryl methyl sites for hydroxylation is 1. The molecule has 9 heteroatoms. The summed E-state index contributed by atoms with van der Waals surface area (Å²) in [5, 5.41) is 3.91. The Morgan fingerprint density at radius 1 is 1.19 bits per heavy atom. The molecule has 146 valence electrons. The standard InChI is InChI=1S/C18H21F3N4O2/c1-11(2)16-15(12(3)23-27-16)17(26)25-8-6-24(7-9-25)14-5-4-13(10-22-14)18(19,20)21/h4-5,10-11H,6-9H2,1-3H3. The minimum Gasteiger partial charge on any atom is -0.360 e. The molecule has 1 amide bonds. The van der Waals surface area contributed by atoms with Gasteiger partial charge in [-0.15, -0.1) is 0 Å². The number of nitrogens with zero attached hydrogens (tertiary/aromatic N) is 4. The van der Waals surface area contributed by atoms with Gasteiger partial charge in [-0.1, -0.05) is 19.0 Å². The first-order chi connectivity index (χ1) is 12.7. The third-order valence-corrected chi connectivity index (χ3v) is 4.59. The molecule has 0 saturated carbocycles. The molecule has 1 aliphatic rings. The van der Waals surface area contributed by atoms with Gasteiger partial charge in [0.1, 0.15) is 11.4 Å². The Morgan fingerprint density at radius 3 is 2.37 bits per heavy atom. The maximum Gasteiger partial charge on any atom is 0.417 e. The normalized spacial score (nSPS) is 15.5. The van der Waals surface area contributed by atoms with Gasteiger partial charge in [-0.2, -0.15) is 13.2 Å². The molecular weight excluding hydrogens is 361 g/mol. The fourth-order valence-corrected chi connectivity index (χ4v) is 3.08. The summed E-state index contributed by atoms with van der Waals surface area (Å²) in [4.78, 5) is 20.4. The number of hydrogen-bond acceptors (Lipinski definition) is 5. The SMILES string of the molecule is Cc1noc(C(C)C)c1C(=O)N1CCN(c2ccc(C(F)(F)F)cn2)CC1. The number of piperazine rings is 1. The molecule has 0 atom stereocenters. The van der Waals surface area contributed by atoms with Crippen LogP contribution in [0, 0.1) is 6.92 Å². The summed E-state index contributed by atoms with van der Waals surface area (Å²) in [7, 11) is 0. The van der Waals surface area contributed by atoms with Crippen LogP contribution in [-0.4, -0.2) is 47.1 Å². The number of pyridine rings is 1. The quantitative estimate of drug-likeness (QED) is 0.813. The summed E-state index contributed by atoms with van der Waals surface area (Å²) in [6.07, 6.45) is -3.57. The molecule has 0 aromatic carbocycles. The molecule has 0 aliphatic carbocycles. The van der Waals surface area contributed by atoms with Crippen molar-refractivity contribution in [2.45, 2.75) is 32.9 Å². The monoisotopic (exact) mass is 382 g/mol. The number of rotatable bonds is 3. The van der Waals surface area contributed by atoms with Gasteiger partial charge in [-0.25, -0.2) is 4.98 Å². The van der Waals surface area contributed by atoms with E-state index in [-0.39, 0.29) is 11.8 Å². The first-order valence-electron chi connectivity index (χ1n) is 8.72. The molecule has 1 aliphatic heterocycles. The number of carbonyl (C=O) groups is 1. The van der Waals surface area contributed by atoms with E-state index in [4.69, 9.17) is 4.52 Å². The smallest absolute Gasteiger partial charge is 0.360 e. The molecular formula is C18H21F3N4O2. The van der Waals surface area contributed by atoms with E-state index in [0.717, 1.165) is 12.3 Å². The van der Waals surface area contributed by atoms with Crippen molar-refractivity contribution in [1.29, 1.82) is 0 Å². The summed E-state index contributed by atoms with van der Waals surface area (Å²) in [6.45, 7) is 7.49. The highest BCUT2D eigenvalue weighted by Crippen LogP contribution is 2.30. The van der Waals surface area contributed by atoms with E-state index >= 15 is 0 Å². The Kier molecular flexibility index (Phi) is 5.12. The van der Waals surface area contributed by atoms with E-state index in [1.807, 2.05) is 18.7 Å². The largest absolute Gasteiger partial charge is 0.417 e. The predicted octanol–water partition coefficient (Wildman–Crippen LogP) is 3.48. The van der Waals surface area contributed by atoms with E-state index in [1.54, 1.807) is 11.8 Å². The zero-order chi connectivity index (χ0) is 19.8. The third-order valence-electron chi connectivity index (χ3n) is 4.59. The summed E-state index contributed by atoms with van der Waals surface area (Å²) < 4.78 is 43.2. The number of aromatic nitrogens is 2. The predicted molar refractivity (Wildman–Crippen MR) is 92.7 cm³/mol. The minimum atomic E-state index is -4.40. The van der Waals surface area contributed by atoms with Crippen molar-refractivity contribution in [2.75, 3.05) is 31.1 Å². The fraction of sp³-hybridized carbons (Fsp3) is 0.500. The lowest BCUT2D eigenvalue weighted by Gasteiger charge is -2.35. The van der Waals surface area contributed by atoms with Crippen LogP contribution in [0.25, 0.3) is 0 Å². The molecule has 2 aromatic rings. The molecule has 27 heavy (non-hydrogen) atoms. The van der Waals surface area contributed by atoms with Crippen molar-refractivity contribution in [3.63, 3.8) is 0 Å². The van der Waals surface area contributed by atoms with Crippen LogP contribution in [0.2, 0.25) is 0 Å². The average molecular weight is 382 g/mol. The van der Waals surface area contributed by atoms with E-state index in [1.165, 1.54) is 6.07 Å². The van der Waals surface area contributed by atoms with Gasteiger partial charge in [0, 0.05) is 38.3 Å². The molecule has 3 rings (SSSR count). The number of anilines is 1. The molecule has 2 aromatic heterocycles. The van der Waals surface area contributed by atoms with Gasteiger partial charge >= 0.3 is 6.18 Å². The van der Waals surface area contributed by atoms with Crippen molar-refractivity contribution >= 4 is 11.7 Å². The van der Waals surface area contributed by atoms with Crippen molar-refractivity contribution in [3.8, 4) is 0 Å². The minimum absolute atomic E-state index is 0.0442. The molecule has 0 N–H and O–H groups in total. The number of hydrogen-bond donors (Lipinski definition) is 0. The van der Waals surface area contributed by atoms with Crippen LogP contribution in [0.1, 0.15) is 47.1 Å². The lowest BCUT2D eigenvalue weighted by atomic mass is 10.0. The second-order valence-electron chi connectivity index (χ2n) is 6.84. The van der Waals surface area contributed by atoms with E-state index in [0.29, 0.717) is 49.0 Å². The van der Waals surface area contributed by atoms with Crippen LogP contribution in [0.3, 0.4) is 0 Å². The number of halogens is 3. The molecule has 0 bridgehead atoms. The summed E-state index contributed by atoms with van der Waals surface area (Å²) in [5.41, 5.74) is 0.297. The molecule has 0 spiro atoms. The molecule has 0 radical (unpaired) electrons. The molecule has 1 saturated heterocycles. The maximum absolute atomic E-state index is 12.9. The maximum atomic E-state index is 12.9. The summed E-state index contributed by atoms with van der Waals surface area (Å²) in [5.74, 6) is 0.962. The zero-order valence-corrected chi connectivity index (χ0v) is 15.4. The Morgan fingerprint density at radius 2 is 1.85 bits per heavy atom. The Balaban J connectivity index is 1.67. The lowest BCUT2D eigenvalue weighted by molar-refractivity contribution is -0.137. The molecule has 1 fully saturated rings. The number of amides is 1. The highest BCUT2D eigenvalue weighted by Gasteiger charge is 2.32. The van der Waals surface area contributed by atoms with Gasteiger partial charge in [0.25, 0.3) is 5.91 Å². The number of carbonyl (C=O) groups excluding carboxylic acids is 1. The molecule has 6 nitrogen and oxygen atoms in total. The van der Waals surface area contributed by atoms with Gasteiger partial charge in [-0.05, 0) is 19.1 Å². The van der Waals surface area contributed by atoms with Crippen LogP contribution in [0.15, 0.2) is 22.9 Å².